The summed E-state index contributed by atoms with van der Waals surface area (Å²) in [5, 5.41) is 2.21. The van der Waals surface area contributed by atoms with E-state index in [9.17, 15) is 0 Å². The van der Waals surface area contributed by atoms with Crippen molar-refractivity contribution >= 4 is 39.0 Å². The average molecular weight is 966 g/mol. The first-order valence-electron chi connectivity index (χ1n) is 26.4. The molecular formula is C74H47NO. The average Bonchev–Trinajstić information content (AvgIpc) is 4.23. The number of para-hydroxylation sites is 1. The zero-order chi connectivity index (χ0) is 50.0. The fourth-order valence-corrected chi connectivity index (χ4v) is 13.9. The summed E-state index contributed by atoms with van der Waals surface area (Å²) < 4.78 is 6.75. The van der Waals surface area contributed by atoms with E-state index < -0.39 is 10.8 Å². The molecule has 76 heavy (non-hydrogen) atoms. The third-order valence-electron chi connectivity index (χ3n) is 17.0. The van der Waals surface area contributed by atoms with Crippen LogP contribution in [0.25, 0.3) is 77.6 Å². The van der Waals surface area contributed by atoms with Crippen molar-refractivity contribution in [2.75, 3.05) is 4.90 Å². The predicted octanol–water partition coefficient (Wildman–Crippen LogP) is 19.1. The lowest BCUT2D eigenvalue weighted by molar-refractivity contribution is 0.669. The highest BCUT2D eigenvalue weighted by Crippen LogP contribution is 2.65. The van der Waals surface area contributed by atoms with Crippen molar-refractivity contribution < 1.29 is 4.42 Å². The Hall–Kier alpha value is -9.76. The van der Waals surface area contributed by atoms with Crippen molar-refractivity contribution in [3.8, 4) is 55.6 Å². The van der Waals surface area contributed by atoms with Crippen LogP contribution >= 0.6 is 0 Å². The Kier molecular flexibility index (Phi) is 9.20. The van der Waals surface area contributed by atoms with Crippen molar-refractivity contribution in [2.45, 2.75) is 10.8 Å². The molecule has 2 nitrogen and oxygen atoms in total. The van der Waals surface area contributed by atoms with Gasteiger partial charge >= 0.3 is 0 Å². The van der Waals surface area contributed by atoms with E-state index >= 15 is 0 Å². The summed E-state index contributed by atoms with van der Waals surface area (Å²) in [6.45, 7) is 0. The molecule has 1 aromatic heterocycles. The second-order valence-electron chi connectivity index (χ2n) is 20.6. The van der Waals surface area contributed by atoms with Gasteiger partial charge in [0, 0.05) is 33.8 Å². The van der Waals surface area contributed by atoms with E-state index in [1.165, 1.54) is 100 Å². The Morgan fingerprint density at radius 3 is 1.34 bits per heavy atom. The molecule has 0 aliphatic heterocycles. The Morgan fingerprint density at radius 1 is 0.263 bits per heavy atom. The number of hydrogen-bond donors (Lipinski definition) is 0. The third-order valence-corrected chi connectivity index (χ3v) is 17.0. The van der Waals surface area contributed by atoms with Crippen molar-refractivity contribution in [3.63, 3.8) is 0 Å². The van der Waals surface area contributed by atoms with Gasteiger partial charge in [-0.05, 0) is 143 Å². The quantitative estimate of drug-likeness (QED) is 0.158. The van der Waals surface area contributed by atoms with Gasteiger partial charge in [0.25, 0.3) is 0 Å². The normalized spacial score (nSPS) is 13.7. The minimum Gasteiger partial charge on any atom is -0.456 e. The molecule has 0 saturated carbocycles. The SMILES string of the molecule is c1ccc(-c2cccc(C3(c4cccc(-c5ccccc5)c4)c4ccccc4-c4ccc(N(c5ccc6c(c5)oc5ccccc56)c5cccc6c5-c5ccccc5C65c6ccccc6-c6ccccc65)cc43)c2)cc1. The molecule has 0 amide bonds. The summed E-state index contributed by atoms with van der Waals surface area (Å²) in [4.78, 5) is 2.52. The van der Waals surface area contributed by atoms with Crippen LogP contribution in [0, 0.1) is 0 Å². The van der Waals surface area contributed by atoms with Gasteiger partial charge in [0.2, 0.25) is 0 Å². The fourth-order valence-electron chi connectivity index (χ4n) is 13.9. The molecular weight excluding hydrogens is 919 g/mol. The van der Waals surface area contributed by atoms with Crippen molar-refractivity contribution in [2.24, 2.45) is 0 Å². The maximum atomic E-state index is 6.75. The fraction of sp³-hybridized carbons (Fsp3) is 0.0270. The van der Waals surface area contributed by atoms with Crippen LogP contribution in [0.15, 0.2) is 290 Å². The monoisotopic (exact) mass is 965 g/mol. The van der Waals surface area contributed by atoms with Crippen LogP contribution in [-0.2, 0) is 10.8 Å². The summed E-state index contributed by atoms with van der Waals surface area (Å²) in [5.41, 5.74) is 26.1. The van der Waals surface area contributed by atoms with Gasteiger partial charge in [-0.3, -0.25) is 0 Å². The van der Waals surface area contributed by atoms with Crippen LogP contribution in [0.2, 0.25) is 0 Å². The molecule has 16 rings (SSSR count). The summed E-state index contributed by atoms with van der Waals surface area (Å²) in [5.74, 6) is 0. The number of hydrogen-bond acceptors (Lipinski definition) is 2. The van der Waals surface area contributed by atoms with Crippen LogP contribution < -0.4 is 4.90 Å². The molecule has 0 N–H and O–H groups in total. The van der Waals surface area contributed by atoms with Gasteiger partial charge in [0.15, 0.2) is 0 Å². The number of anilines is 3. The summed E-state index contributed by atoms with van der Waals surface area (Å²) in [7, 11) is 0. The van der Waals surface area contributed by atoms with E-state index in [2.05, 4.69) is 290 Å². The van der Waals surface area contributed by atoms with E-state index in [0.717, 1.165) is 39.0 Å². The van der Waals surface area contributed by atoms with Gasteiger partial charge in [0.1, 0.15) is 11.2 Å². The van der Waals surface area contributed by atoms with E-state index in [-0.39, 0.29) is 0 Å². The first kappa shape index (κ1) is 42.7. The van der Waals surface area contributed by atoms with Crippen molar-refractivity contribution in [1.82, 2.24) is 0 Å². The maximum absolute atomic E-state index is 6.75. The second kappa shape index (κ2) is 16.4. The molecule has 0 saturated heterocycles. The highest BCUT2D eigenvalue weighted by Gasteiger charge is 2.53. The highest BCUT2D eigenvalue weighted by molar-refractivity contribution is 6.07. The van der Waals surface area contributed by atoms with Gasteiger partial charge in [-0.25, -0.2) is 0 Å². The van der Waals surface area contributed by atoms with Crippen LogP contribution in [-0.4, -0.2) is 0 Å². The molecule has 0 atom stereocenters. The molecule has 0 radical (unpaired) electrons. The molecule has 13 aromatic rings. The first-order valence-corrected chi connectivity index (χ1v) is 26.4. The second-order valence-corrected chi connectivity index (χ2v) is 20.6. The van der Waals surface area contributed by atoms with Crippen LogP contribution in [0.4, 0.5) is 17.1 Å². The van der Waals surface area contributed by atoms with E-state index in [4.69, 9.17) is 4.42 Å². The molecule has 3 aliphatic rings. The highest BCUT2D eigenvalue weighted by atomic mass is 16.3. The minimum absolute atomic E-state index is 0.508. The molecule has 3 aliphatic carbocycles. The molecule has 1 heterocycles. The number of benzene rings is 12. The largest absolute Gasteiger partial charge is 0.456 e. The van der Waals surface area contributed by atoms with Crippen LogP contribution in [0.5, 0.6) is 0 Å². The Labute approximate surface area is 442 Å². The summed E-state index contributed by atoms with van der Waals surface area (Å²) >= 11 is 0. The van der Waals surface area contributed by atoms with Crippen molar-refractivity contribution in [3.05, 3.63) is 330 Å². The Balaban J connectivity index is 0.999. The molecule has 2 heteroatoms. The van der Waals surface area contributed by atoms with Gasteiger partial charge in [-0.15, -0.1) is 0 Å². The molecule has 0 unspecified atom stereocenters. The lowest BCUT2D eigenvalue weighted by Crippen LogP contribution is -2.29. The standard InChI is InChI=1S/C74H47NO/c1-3-20-48(21-4-1)50-24-17-26-52(44-50)73(53-27-18-25-51(45-53)49-22-5-2-6-23-49)63-33-12-7-30-58(63)59-42-40-54(46-68(59)73)75(55-41-43-61-60-31-11-16-39-70(60)76-71(61)47-55)69-38-19-37-67-72(69)62-32-10-15-36-66(62)74(67)64-34-13-8-28-56(64)57-29-9-14-35-65(57)74/h1-47H. The van der Waals surface area contributed by atoms with Crippen LogP contribution in [0.1, 0.15) is 44.5 Å². The third kappa shape index (κ3) is 5.87. The number of nitrogens with zero attached hydrogens (tertiary/aromatic N) is 1. The topological polar surface area (TPSA) is 16.4 Å². The molecule has 1 spiro atoms. The van der Waals surface area contributed by atoms with Crippen LogP contribution in [0.3, 0.4) is 0 Å². The van der Waals surface area contributed by atoms with Crippen molar-refractivity contribution in [1.29, 1.82) is 0 Å². The van der Waals surface area contributed by atoms with E-state index in [1.54, 1.807) is 0 Å². The van der Waals surface area contributed by atoms with Gasteiger partial charge < -0.3 is 9.32 Å². The zero-order valence-electron chi connectivity index (χ0n) is 41.5. The summed E-state index contributed by atoms with van der Waals surface area (Å²) in [6.07, 6.45) is 0. The van der Waals surface area contributed by atoms with E-state index in [0.29, 0.717) is 0 Å². The zero-order valence-corrected chi connectivity index (χ0v) is 41.5. The lowest BCUT2D eigenvalue weighted by Gasteiger charge is -2.36. The molecule has 12 aromatic carbocycles. The number of furan rings is 1. The molecule has 0 fully saturated rings. The Bertz CT molecular complexity index is 4360. The first-order chi connectivity index (χ1) is 37.7. The van der Waals surface area contributed by atoms with Gasteiger partial charge in [-0.2, -0.15) is 0 Å². The van der Waals surface area contributed by atoms with Gasteiger partial charge in [-0.1, -0.05) is 231 Å². The smallest absolute Gasteiger partial charge is 0.137 e. The van der Waals surface area contributed by atoms with Gasteiger partial charge in [0.05, 0.1) is 16.5 Å². The Morgan fingerprint density at radius 2 is 0.711 bits per heavy atom. The summed E-state index contributed by atoms with van der Waals surface area (Å²) in [6, 6.07) is 106. The number of fused-ring (bicyclic) bond motifs is 16. The predicted molar refractivity (Wildman–Crippen MR) is 313 cm³/mol. The molecule has 354 valence electrons. The lowest BCUT2D eigenvalue weighted by atomic mass is 9.67. The minimum atomic E-state index is -0.710. The number of rotatable bonds is 7. The van der Waals surface area contributed by atoms with E-state index in [1.807, 2.05) is 0 Å². The maximum Gasteiger partial charge on any atom is 0.137 e. The molecule has 0 bridgehead atoms.